The van der Waals surface area contributed by atoms with Crippen molar-refractivity contribution in [2.24, 2.45) is 0 Å². The van der Waals surface area contributed by atoms with E-state index in [2.05, 4.69) is 19.2 Å². The summed E-state index contributed by atoms with van der Waals surface area (Å²) >= 11 is 5.07. The average molecular weight is 160 g/mol. The zero-order chi connectivity index (χ0) is 8.15. The lowest BCUT2D eigenvalue weighted by Gasteiger charge is -2.24. The van der Waals surface area contributed by atoms with Gasteiger partial charge >= 0.3 is 0 Å². The fourth-order valence-electron chi connectivity index (χ4n) is 0.510. The summed E-state index contributed by atoms with van der Waals surface area (Å²) in [4.78, 5) is 2.04. The van der Waals surface area contributed by atoms with Gasteiger partial charge in [-0.3, -0.25) is 0 Å². The first-order chi connectivity index (χ1) is 4.59. The van der Waals surface area contributed by atoms with E-state index in [1.807, 2.05) is 18.9 Å². The van der Waals surface area contributed by atoms with Gasteiger partial charge in [0.2, 0.25) is 0 Å². The van der Waals surface area contributed by atoms with E-state index in [4.69, 9.17) is 12.2 Å². The Labute approximate surface area is 68.6 Å². The molecule has 0 aromatic heterocycles. The minimum absolute atomic E-state index is 0.478. The van der Waals surface area contributed by atoms with Gasteiger partial charge in [-0.2, -0.15) is 0 Å². The molecule has 0 aliphatic carbocycles. The van der Waals surface area contributed by atoms with Crippen LogP contribution in [0.1, 0.15) is 20.8 Å². The lowest BCUT2D eigenvalue weighted by molar-refractivity contribution is 0.411. The van der Waals surface area contributed by atoms with Crippen molar-refractivity contribution in [3.63, 3.8) is 0 Å². The summed E-state index contributed by atoms with van der Waals surface area (Å²) in [6.07, 6.45) is 0. The van der Waals surface area contributed by atoms with Crippen LogP contribution in [0.2, 0.25) is 0 Å². The third-order valence-corrected chi connectivity index (χ3v) is 1.86. The molecular weight excluding hydrogens is 144 g/mol. The smallest absolute Gasteiger partial charge is 0.168 e. The Bertz CT molecular complexity index is 112. The van der Waals surface area contributed by atoms with E-state index in [0.29, 0.717) is 6.04 Å². The zero-order valence-corrected chi connectivity index (χ0v) is 7.96. The quantitative estimate of drug-likeness (QED) is 0.611. The Balaban J connectivity index is 3.71. The van der Waals surface area contributed by atoms with Crippen LogP contribution in [0.25, 0.3) is 0 Å². The molecule has 0 aliphatic heterocycles. The summed E-state index contributed by atoms with van der Waals surface area (Å²) < 4.78 is 0. The zero-order valence-electron chi connectivity index (χ0n) is 7.14. The molecule has 0 aromatic carbocycles. The second-order valence-electron chi connectivity index (χ2n) is 2.54. The molecule has 0 saturated carbocycles. The topological polar surface area (TPSA) is 15.3 Å². The Morgan fingerprint density at radius 3 is 2.40 bits per heavy atom. The van der Waals surface area contributed by atoms with Crippen molar-refractivity contribution in [3.8, 4) is 0 Å². The lowest BCUT2D eigenvalue weighted by Crippen LogP contribution is -2.40. The predicted molar refractivity (Wildman–Crippen MR) is 49.2 cm³/mol. The maximum Gasteiger partial charge on any atom is 0.168 e. The van der Waals surface area contributed by atoms with Crippen molar-refractivity contribution in [1.82, 2.24) is 10.2 Å². The highest BCUT2D eigenvalue weighted by atomic mass is 32.1. The van der Waals surface area contributed by atoms with Gasteiger partial charge in [0.15, 0.2) is 5.11 Å². The normalized spacial score (nSPS) is 9.70. The summed E-state index contributed by atoms with van der Waals surface area (Å²) in [6.45, 7) is 7.17. The molecule has 0 heterocycles. The minimum atomic E-state index is 0.478. The van der Waals surface area contributed by atoms with Crippen LogP contribution in [0.4, 0.5) is 0 Å². The number of thiocarbonyl (C=S) groups is 1. The monoisotopic (exact) mass is 160 g/mol. The van der Waals surface area contributed by atoms with Crippen LogP contribution in [0, 0.1) is 0 Å². The summed E-state index contributed by atoms with van der Waals surface area (Å²) in [5, 5.41) is 3.92. The number of nitrogens with zero attached hydrogens (tertiary/aromatic N) is 1. The molecule has 0 bridgehead atoms. The third kappa shape index (κ3) is 3.01. The first kappa shape index (κ1) is 9.69. The summed E-state index contributed by atoms with van der Waals surface area (Å²) in [5.41, 5.74) is 0. The molecule has 0 amide bonds. The molecule has 3 heteroatoms. The molecule has 0 unspecified atom stereocenters. The van der Waals surface area contributed by atoms with Gasteiger partial charge in [-0.1, -0.05) is 0 Å². The summed E-state index contributed by atoms with van der Waals surface area (Å²) in [6, 6.07) is 0.478. The van der Waals surface area contributed by atoms with E-state index < -0.39 is 0 Å². The maximum atomic E-state index is 5.07. The Hall–Kier alpha value is -0.310. The van der Waals surface area contributed by atoms with Gasteiger partial charge in [0.1, 0.15) is 0 Å². The van der Waals surface area contributed by atoms with Crippen molar-refractivity contribution >= 4 is 17.3 Å². The fourth-order valence-corrected chi connectivity index (χ4v) is 0.866. The Morgan fingerprint density at radius 1 is 1.60 bits per heavy atom. The van der Waals surface area contributed by atoms with Gasteiger partial charge in [-0.25, -0.2) is 0 Å². The van der Waals surface area contributed by atoms with Gasteiger partial charge in [0, 0.05) is 19.6 Å². The van der Waals surface area contributed by atoms with E-state index in [-0.39, 0.29) is 0 Å². The van der Waals surface area contributed by atoms with Crippen molar-refractivity contribution < 1.29 is 0 Å². The number of nitrogens with one attached hydrogen (secondary N) is 1. The van der Waals surface area contributed by atoms with E-state index in [1.165, 1.54) is 0 Å². The predicted octanol–water partition coefficient (Wildman–Crippen LogP) is 1.22. The fraction of sp³-hybridized carbons (Fsp3) is 0.857. The second-order valence-corrected chi connectivity index (χ2v) is 2.93. The van der Waals surface area contributed by atoms with Crippen LogP contribution < -0.4 is 5.32 Å². The van der Waals surface area contributed by atoms with Crippen molar-refractivity contribution in [3.05, 3.63) is 0 Å². The second kappa shape index (κ2) is 4.50. The lowest BCUT2D eigenvalue weighted by atomic mass is 10.4. The summed E-state index contributed by atoms with van der Waals surface area (Å²) in [5.74, 6) is 0. The standard InChI is InChI=1S/C7H16N2S/c1-5-8-7(10)9(4)6(2)3/h6H,5H2,1-4H3,(H,8,10). The van der Waals surface area contributed by atoms with Crippen molar-refractivity contribution in [2.75, 3.05) is 13.6 Å². The van der Waals surface area contributed by atoms with Gasteiger partial charge in [-0.05, 0) is 33.0 Å². The molecule has 0 saturated heterocycles. The number of hydrogen-bond donors (Lipinski definition) is 1. The molecule has 0 atom stereocenters. The van der Waals surface area contributed by atoms with E-state index in [1.54, 1.807) is 0 Å². The molecule has 10 heavy (non-hydrogen) atoms. The highest BCUT2D eigenvalue weighted by molar-refractivity contribution is 7.80. The first-order valence-corrected chi connectivity index (χ1v) is 4.01. The van der Waals surface area contributed by atoms with Gasteiger partial charge in [-0.15, -0.1) is 0 Å². The average Bonchev–Trinajstić information content (AvgIpc) is 1.87. The maximum absolute atomic E-state index is 5.07. The highest BCUT2D eigenvalue weighted by Crippen LogP contribution is 1.93. The van der Waals surface area contributed by atoms with Gasteiger partial charge in [0.05, 0.1) is 0 Å². The molecule has 0 aliphatic rings. The van der Waals surface area contributed by atoms with E-state index in [0.717, 1.165) is 11.7 Å². The molecule has 2 nitrogen and oxygen atoms in total. The highest BCUT2D eigenvalue weighted by Gasteiger charge is 2.04. The molecule has 0 aromatic rings. The minimum Gasteiger partial charge on any atom is -0.363 e. The van der Waals surface area contributed by atoms with E-state index in [9.17, 15) is 0 Å². The SMILES string of the molecule is CCNC(=S)N(C)C(C)C. The van der Waals surface area contributed by atoms with Gasteiger partial charge < -0.3 is 10.2 Å². The molecule has 0 fully saturated rings. The van der Waals surface area contributed by atoms with Crippen LogP contribution in [0.5, 0.6) is 0 Å². The summed E-state index contributed by atoms with van der Waals surface area (Å²) in [7, 11) is 2.00. The van der Waals surface area contributed by atoms with Crippen LogP contribution in [-0.4, -0.2) is 29.6 Å². The van der Waals surface area contributed by atoms with Crippen LogP contribution >= 0.6 is 12.2 Å². The number of rotatable bonds is 2. The molecule has 60 valence electrons. The molecule has 0 spiro atoms. The Kier molecular flexibility index (Phi) is 4.36. The first-order valence-electron chi connectivity index (χ1n) is 3.60. The largest absolute Gasteiger partial charge is 0.363 e. The van der Waals surface area contributed by atoms with Crippen LogP contribution in [0.3, 0.4) is 0 Å². The van der Waals surface area contributed by atoms with Crippen molar-refractivity contribution in [1.29, 1.82) is 0 Å². The number of hydrogen-bond acceptors (Lipinski definition) is 1. The van der Waals surface area contributed by atoms with Crippen LogP contribution in [-0.2, 0) is 0 Å². The molecule has 1 N–H and O–H groups in total. The van der Waals surface area contributed by atoms with Crippen molar-refractivity contribution in [2.45, 2.75) is 26.8 Å². The molecule has 0 radical (unpaired) electrons. The van der Waals surface area contributed by atoms with Gasteiger partial charge in [0.25, 0.3) is 0 Å². The van der Waals surface area contributed by atoms with E-state index >= 15 is 0 Å². The third-order valence-electron chi connectivity index (χ3n) is 1.42. The molecule has 0 rings (SSSR count). The Morgan fingerprint density at radius 2 is 2.10 bits per heavy atom. The molecular formula is C7H16N2S. The van der Waals surface area contributed by atoms with Crippen LogP contribution in [0.15, 0.2) is 0 Å².